The maximum atomic E-state index is 14.2. The standard InChI is InChI=1S/C35H37FN6O5S/c1-21(2)38-32(44)28-15-26(36)11-10-25(28)14-27-16-37-33(48-27)30-31(46-20-24-8-6-5-7-9-24)34(45)42-13-12-40(35(42)39-30)19-29(43)41-17-22(3)47-23(4)18-41/h5-13,15-16,21-23H,14,17-20H2,1-4H3,(H,38,44). The predicted octanol–water partition coefficient (Wildman–Crippen LogP) is 4.70. The fraction of sp³-hybridized carbons (Fsp3) is 0.343. The summed E-state index contributed by atoms with van der Waals surface area (Å²) in [5.74, 6) is -0.681. The molecule has 4 heterocycles. The SMILES string of the molecule is CC(C)NC(=O)c1cc(F)ccc1Cc1cnc(-c2nc3n(CC(=O)N4CC(C)OC(C)C4)ccn3c(=O)c2OCc2ccccc2)s1. The van der Waals surface area contributed by atoms with E-state index >= 15 is 0 Å². The van der Waals surface area contributed by atoms with Crippen molar-refractivity contribution in [3.63, 3.8) is 0 Å². The number of amides is 2. The number of ether oxygens (including phenoxy) is 2. The third-order valence-electron chi connectivity index (χ3n) is 7.87. The van der Waals surface area contributed by atoms with E-state index in [0.717, 1.165) is 10.4 Å². The molecule has 0 aliphatic carbocycles. The van der Waals surface area contributed by atoms with Crippen molar-refractivity contribution in [1.29, 1.82) is 0 Å². The molecule has 1 fully saturated rings. The molecular formula is C35H37FN6O5S. The third-order valence-corrected chi connectivity index (χ3v) is 8.87. The lowest BCUT2D eigenvalue weighted by Gasteiger charge is -2.35. The number of carbonyl (C=O) groups excluding carboxylic acids is 2. The third kappa shape index (κ3) is 7.32. The molecule has 1 N–H and O–H groups in total. The van der Waals surface area contributed by atoms with E-state index in [1.165, 1.54) is 27.9 Å². The predicted molar refractivity (Wildman–Crippen MR) is 180 cm³/mol. The molecule has 5 aromatic rings. The number of carbonyl (C=O) groups is 2. The second-order valence-corrected chi connectivity index (χ2v) is 13.4. The lowest BCUT2D eigenvalue weighted by atomic mass is 10.0. The van der Waals surface area contributed by atoms with Gasteiger partial charge in [-0.3, -0.25) is 14.4 Å². The Morgan fingerprint density at radius 1 is 1.10 bits per heavy atom. The van der Waals surface area contributed by atoms with Gasteiger partial charge in [-0.05, 0) is 51.0 Å². The van der Waals surface area contributed by atoms with Gasteiger partial charge in [0.2, 0.25) is 17.4 Å². The summed E-state index contributed by atoms with van der Waals surface area (Å²) in [6.45, 7) is 8.63. The fourth-order valence-electron chi connectivity index (χ4n) is 5.75. The fourth-order valence-corrected chi connectivity index (χ4v) is 6.67. The van der Waals surface area contributed by atoms with Crippen LogP contribution in [0.5, 0.6) is 5.75 Å². The topological polar surface area (TPSA) is 120 Å². The normalized spacial score (nSPS) is 16.4. The van der Waals surface area contributed by atoms with E-state index in [4.69, 9.17) is 14.5 Å². The number of imidazole rings is 1. The van der Waals surface area contributed by atoms with Crippen LogP contribution in [-0.4, -0.2) is 67.0 Å². The average Bonchev–Trinajstić information content (AvgIpc) is 3.68. The Morgan fingerprint density at radius 3 is 2.58 bits per heavy atom. The molecule has 0 spiro atoms. The molecule has 3 aromatic heterocycles. The van der Waals surface area contributed by atoms with Gasteiger partial charge in [0.15, 0.2) is 5.69 Å². The molecule has 0 saturated carbocycles. The van der Waals surface area contributed by atoms with Crippen molar-refractivity contribution in [3.8, 4) is 16.5 Å². The van der Waals surface area contributed by atoms with Gasteiger partial charge in [-0.2, -0.15) is 0 Å². The summed E-state index contributed by atoms with van der Waals surface area (Å²) in [6.07, 6.45) is 5.04. The molecule has 1 aliphatic rings. The molecule has 2 aromatic carbocycles. The van der Waals surface area contributed by atoms with Gasteiger partial charge in [0.05, 0.1) is 12.2 Å². The Balaban J connectivity index is 1.35. The Hall–Kier alpha value is -4.88. The minimum absolute atomic E-state index is 0.0130. The highest BCUT2D eigenvalue weighted by Gasteiger charge is 2.27. The van der Waals surface area contributed by atoms with Crippen LogP contribution in [0, 0.1) is 5.82 Å². The Morgan fingerprint density at radius 2 is 1.85 bits per heavy atom. The summed E-state index contributed by atoms with van der Waals surface area (Å²) >= 11 is 1.29. The smallest absolute Gasteiger partial charge is 0.302 e. The summed E-state index contributed by atoms with van der Waals surface area (Å²) in [7, 11) is 0. The molecule has 48 heavy (non-hydrogen) atoms. The van der Waals surface area contributed by atoms with Crippen LogP contribution in [0.1, 0.15) is 54.1 Å². The van der Waals surface area contributed by atoms with Gasteiger partial charge in [-0.1, -0.05) is 36.4 Å². The molecule has 250 valence electrons. The summed E-state index contributed by atoms with van der Waals surface area (Å²) < 4.78 is 29.1. The van der Waals surface area contributed by atoms with Gasteiger partial charge in [-0.15, -0.1) is 11.3 Å². The molecule has 6 rings (SSSR count). The van der Waals surface area contributed by atoms with Gasteiger partial charge < -0.3 is 24.3 Å². The second-order valence-electron chi connectivity index (χ2n) is 12.3. The first-order valence-corrected chi connectivity index (χ1v) is 16.6. The quantitative estimate of drug-likeness (QED) is 0.228. The molecule has 2 amide bonds. The first-order chi connectivity index (χ1) is 23.0. The first kappa shape index (κ1) is 33.0. The van der Waals surface area contributed by atoms with Crippen molar-refractivity contribution in [2.24, 2.45) is 0 Å². The van der Waals surface area contributed by atoms with Crippen molar-refractivity contribution in [2.75, 3.05) is 13.1 Å². The number of nitrogens with zero attached hydrogens (tertiary/aromatic N) is 5. The zero-order valence-electron chi connectivity index (χ0n) is 27.2. The number of morpholine rings is 1. The largest absolute Gasteiger partial charge is 0.481 e. The molecule has 1 saturated heterocycles. The lowest BCUT2D eigenvalue weighted by molar-refractivity contribution is -0.143. The van der Waals surface area contributed by atoms with E-state index in [2.05, 4.69) is 10.3 Å². The zero-order chi connectivity index (χ0) is 33.9. The van der Waals surface area contributed by atoms with Crippen molar-refractivity contribution >= 4 is 28.9 Å². The second kappa shape index (κ2) is 14.1. The van der Waals surface area contributed by atoms with Crippen LogP contribution in [0.25, 0.3) is 16.5 Å². The molecule has 11 nitrogen and oxygen atoms in total. The highest BCUT2D eigenvalue weighted by atomic mass is 32.1. The van der Waals surface area contributed by atoms with Crippen molar-refractivity contribution < 1.29 is 23.5 Å². The summed E-state index contributed by atoms with van der Waals surface area (Å²) in [4.78, 5) is 52.2. The number of rotatable bonds is 10. The Kier molecular flexibility index (Phi) is 9.69. The zero-order valence-corrected chi connectivity index (χ0v) is 28.0. The van der Waals surface area contributed by atoms with Crippen molar-refractivity contribution in [2.45, 2.75) is 65.5 Å². The number of benzene rings is 2. The van der Waals surface area contributed by atoms with E-state index < -0.39 is 11.4 Å². The molecule has 0 bridgehead atoms. The van der Waals surface area contributed by atoms with Crippen molar-refractivity contribution in [3.05, 3.63) is 105 Å². The highest BCUT2D eigenvalue weighted by molar-refractivity contribution is 7.15. The van der Waals surface area contributed by atoms with Crippen LogP contribution in [0.4, 0.5) is 4.39 Å². The van der Waals surface area contributed by atoms with Gasteiger partial charge in [0, 0.05) is 54.6 Å². The van der Waals surface area contributed by atoms with Crippen LogP contribution in [0.3, 0.4) is 0 Å². The molecule has 2 atom stereocenters. The Bertz CT molecular complexity index is 2000. The number of hydrogen-bond acceptors (Lipinski definition) is 8. The van der Waals surface area contributed by atoms with Gasteiger partial charge >= 0.3 is 5.56 Å². The van der Waals surface area contributed by atoms with Crippen LogP contribution in [-0.2, 0) is 29.1 Å². The molecular weight excluding hydrogens is 635 g/mol. The van der Waals surface area contributed by atoms with Gasteiger partial charge in [-0.25, -0.2) is 18.8 Å². The minimum Gasteiger partial charge on any atom is -0.481 e. The van der Waals surface area contributed by atoms with Crippen LogP contribution < -0.4 is 15.6 Å². The number of aromatic nitrogens is 4. The Labute approximate surface area is 281 Å². The highest BCUT2D eigenvalue weighted by Crippen LogP contribution is 2.32. The van der Waals surface area contributed by atoms with E-state index in [9.17, 15) is 18.8 Å². The monoisotopic (exact) mass is 672 g/mol. The van der Waals surface area contributed by atoms with E-state index in [1.807, 2.05) is 58.0 Å². The van der Waals surface area contributed by atoms with Gasteiger partial charge in [0.25, 0.3) is 5.91 Å². The number of hydrogen-bond donors (Lipinski definition) is 1. The van der Waals surface area contributed by atoms with Crippen LogP contribution in [0.15, 0.2) is 71.9 Å². The van der Waals surface area contributed by atoms with Crippen molar-refractivity contribution in [1.82, 2.24) is 29.2 Å². The van der Waals surface area contributed by atoms with Crippen LogP contribution in [0.2, 0.25) is 0 Å². The van der Waals surface area contributed by atoms with E-state index in [1.54, 1.807) is 34.1 Å². The maximum absolute atomic E-state index is 14.2. The van der Waals surface area contributed by atoms with E-state index in [-0.39, 0.29) is 66.0 Å². The maximum Gasteiger partial charge on any atom is 0.302 e. The minimum atomic E-state index is -0.505. The number of nitrogens with one attached hydrogen (secondary N) is 1. The summed E-state index contributed by atoms with van der Waals surface area (Å²) in [6, 6.07) is 13.5. The lowest BCUT2D eigenvalue weighted by Crippen LogP contribution is -2.49. The molecule has 0 radical (unpaired) electrons. The summed E-state index contributed by atoms with van der Waals surface area (Å²) in [5.41, 5.74) is 1.55. The number of thiazole rings is 1. The molecule has 2 unspecified atom stereocenters. The average molecular weight is 673 g/mol. The first-order valence-electron chi connectivity index (χ1n) is 15.8. The van der Waals surface area contributed by atoms with Crippen LogP contribution >= 0.6 is 11.3 Å². The van der Waals surface area contributed by atoms with E-state index in [0.29, 0.717) is 30.1 Å². The van der Waals surface area contributed by atoms with Gasteiger partial charge in [0.1, 0.15) is 24.0 Å². The molecule has 1 aliphatic heterocycles. The molecule has 13 heteroatoms. The summed E-state index contributed by atoms with van der Waals surface area (Å²) in [5, 5.41) is 3.25. The number of halogens is 1. The number of fused-ring (bicyclic) bond motifs is 1.